The van der Waals surface area contributed by atoms with E-state index in [2.05, 4.69) is 32.7 Å². The number of nitrogens with zero attached hydrogens (tertiary/aromatic N) is 4. The Hall–Kier alpha value is -1.56. The first-order valence-corrected chi connectivity index (χ1v) is 11.1. The second kappa shape index (κ2) is 10.8. The van der Waals surface area contributed by atoms with Crippen LogP contribution in [0.5, 0.6) is 5.75 Å². The maximum Gasteiger partial charge on any atom is 0.234 e. The van der Waals surface area contributed by atoms with Gasteiger partial charge in [-0.1, -0.05) is 16.8 Å². The molecule has 0 radical (unpaired) electrons. The second-order valence-corrected chi connectivity index (χ2v) is 9.14. The molecule has 2 saturated heterocycles. The van der Waals surface area contributed by atoms with E-state index in [0.29, 0.717) is 29.5 Å². The molecule has 2 aliphatic rings. The highest BCUT2D eigenvalue weighted by atomic mass is 35.5. The highest BCUT2D eigenvalue weighted by molar-refractivity contribution is 6.32. The molecule has 1 amide bonds. The third-order valence-corrected chi connectivity index (χ3v) is 6.26. The number of nitroso groups, excluding NO2 is 1. The molecular weight excluding hydrogens is 445 g/mol. The number of amides is 1. The van der Waals surface area contributed by atoms with Crippen LogP contribution in [0.1, 0.15) is 12.8 Å². The highest BCUT2D eigenvalue weighted by Crippen LogP contribution is 2.34. The Balaban J connectivity index is 1.78. The van der Waals surface area contributed by atoms with Gasteiger partial charge in [0.1, 0.15) is 22.7 Å². The maximum atomic E-state index is 13.2. The molecule has 2 aliphatic heterocycles. The summed E-state index contributed by atoms with van der Waals surface area (Å²) in [6, 6.07) is 0. The van der Waals surface area contributed by atoms with Gasteiger partial charge in [0, 0.05) is 32.4 Å². The van der Waals surface area contributed by atoms with Crippen molar-refractivity contribution >= 4 is 34.8 Å². The lowest BCUT2D eigenvalue weighted by Gasteiger charge is -2.40. The summed E-state index contributed by atoms with van der Waals surface area (Å²) in [5.41, 5.74) is 6.24. The van der Waals surface area contributed by atoms with Crippen molar-refractivity contribution in [3.63, 3.8) is 0 Å². The molecule has 2 fully saturated rings. The van der Waals surface area contributed by atoms with E-state index in [4.69, 9.17) is 33.7 Å². The lowest BCUT2D eigenvalue weighted by molar-refractivity contribution is -0.123. The molecule has 4 unspecified atom stereocenters. The van der Waals surface area contributed by atoms with Gasteiger partial charge in [-0.3, -0.25) is 20.0 Å². The van der Waals surface area contributed by atoms with E-state index in [9.17, 15) is 9.70 Å². The fourth-order valence-corrected chi connectivity index (χ4v) is 4.47. The van der Waals surface area contributed by atoms with Gasteiger partial charge >= 0.3 is 0 Å². The van der Waals surface area contributed by atoms with Crippen molar-refractivity contribution in [1.82, 2.24) is 20.1 Å². The summed E-state index contributed by atoms with van der Waals surface area (Å²) >= 11 is 12.5. The summed E-state index contributed by atoms with van der Waals surface area (Å²) in [4.78, 5) is 32.6. The van der Waals surface area contributed by atoms with Crippen LogP contribution in [-0.2, 0) is 4.79 Å². The van der Waals surface area contributed by atoms with Crippen LogP contribution >= 0.6 is 23.2 Å². The summed E-state index contributed by atoms with van der Waals surface area (Å²) in [6.45, 7) is 2.85. The average molecular weight is 474 g/mol. The van der Waals surface area contributed by atoms with Crippen LogP contribution < -0.4 is 21.1 Å². The highest BCUT2D eigenvalue weighted by Gasteiger charge is 2.40. The zero-order chi connectivity index (χ0) is 22.5. The Morgan fingerprint density at radius 2 is 2.10 bits per heavy atom. The first-order valence-electron chi connectivity index (χ1n) is 10.3. The van der Waals surface area contributed by atoms with E-state index >= 15 is 0 Å². The van der Waals surface area contributed by atoms with Crippen molar-refractivity contribution in [2.45, 2.75) is 36.7 Å². The Labute approximate surface area is 191 Å². The summed E-state index contributed by atoms with van der Waals surface area (Å²) in [6.07, 6.45) is 2.86. The van der Waals surface area contributed by atoms with Crippen molar-refractivity contribution in [3.05, 3.63) is 22.3 Å². The number of piperidine rings is 1. The molecule has 3 heterocycles. The Kier molecular flexibility index (Phi) is 8.43. The molecule has 0 aromatic carbocycles. The number of halogens is 2. The van der Waals surface area contributed by atoms with E-state index in [1.807, 2.05) is 4.90 Å². The van der Waals surface area contributed by atoms with Gasteiger partial charge in [0.25, 0.3) is 0 Å². The van der Waals surface area contributed by atoms with E-state index in [1.165, 1.54) is 12.4 Å². The largest absolute Gasteiger partial charge is 0.486 e. The zero-order valence-corrected chi connectivity index (χ0v) is 19.1. The van der Waals surface area contributed by atoms with E-state index < -0.39 is 24.2 Å². The van der Waals surface area contributed by atoms with Gasteiger partial charge in [-0.05, 0) is 26.9 Å². The first-order chi connectivity index (χ1) is 14.8. The van der Waals surface area contributed by atoms with Gasteiger partial charge in [-0.2, -0.15) is 0 Å². The van der Waals surface area contributed by atoms with Crippen LogP contribution in [0.3, 0.4) is 0 Å². The average Bonchev–Trinajstić information content (AvgIpc) is 2.73. The number of alkyl halides is 1. The van der Waals surface area contributed by atoms with Crippen molar-refractivity contribution in [2.24, 2.45) is 16.8 Å². The van der Waals surface area contributed by atoms with Crippen molar-refractivity contribution in [2.75, 3.05) is 45.6 Å². The standard InChI is InChI=1S/C19H29Cl2N7O3/c1-27-5-3-12(4-6-27)31-16-13(21)8-23-9-14(16)25-19(29)15(17(22)26-30)18-24-7-11(20)10-28(18)2/h8-9,11-12,15,17-18,24H,3-7,10,22H2,1-2H3,(H,25,29). The Bertz CT molecular complexity index is 779. The van der Waals surface area contributed by atoms with Gasteiger partial charge in [-0.15, -0.1) is 16.5 Å². The normalized spacial score (nSPS) is 25.6. The number of carbonyl (C=O) groups is 1. The number of carbonyl (C=O) groups excluding carboxylic acids is 1. The minimum absolute atomic E-state index is 0.0201. The minimum Gasteiger partial charge on any atom is -0.486 e. The molecule has 0 spiro atoms. The van der Waals surface area contributed by atoms with Crippen LogP contribution in [-0.4, -0.2) is 84.8 Å². The van der Waals surface area contributed by atoms with Gasteiger partial charge in [-0.25, -0.2) is 0 Å². The van der Waals surface area contributed by atoms with Crippen molar-refractivity contribution in [1.29, 1.82) is 0 Å². The topological polar surface area (TPSA) is 125 Å². The molecule has 31 heavy (non-hydrogen) atoms. The van der Waals surface area contributed by atoms with Crippen LogP contribution in [0.2, 0.25) is 5.02 Å². The third kappa shape index (κ3) is 6.03. The predicted octanol–water partition coefficient (Wildman–Crippen LogP) is 1.28. The quantitative estimate of drug-likeness (QED) is 0.399. The van der Waals surface area contributed by atoms with E-state index in [0.717, 1.165) is 25.9 Å². The number of hydrogen-bond donors (Lipinski definition) is 3. The fraction of sp³-hybridized carbons (Fsp3) is 0.684. The van der Waals surface area contributed by atoms with Gasteiger partial charge in [0.05, 0.1) is 17.7 Å². The SMILES string of the molecule is CN1CCC(Oc2c(Cl)cncc2NC(=O)C(C(N)N=O)C2NCC(Cl)CN2C)CC1. The summed E-state index contributed by atoms with van der Waals surface area (Å²) in [5.74, 6) is -1.08. The zero-order valence-electron chi connectivity index (χ0n) is 17.6. The number of rotatable bonds is 7. The molecule has 172 valence electrons. The molecule has 12 heteroatoms. The molecule has 4 N–H and O–H groups in total. The minimum atomic E-state index is -1.25. The maximum absolute atomic E-state index is 13.2. The number of ether oxygens (including phenoxy) is 1. The van der Waals surface area contributed by atoms with Crippen LogP contribution in [0, 0.1) is 10.8 Å². The Morgan fingerprint density at radius 3 is 2.74 bits per heavy atom. The van der Waals surface area contributed by atoms with Crippen LogP contribution in [0.25, 0.3) is 0 Å². The third-order valence-electron chi connectivity index (χ3n) is 5.70. The van der Waals surface area contributed by atoms with Gasteiger partial charge in [0.15, 0.2) is 11.9 Å². The number of anilines is 1. The van der Waals surface area contributed by atoms with E-state index in [1.54, 1.807) is 7.05 Å². The second-order valence-electron chi connectivity index (χ2n) is 8.12. The van der Waals surface area contributed by atoms with Crippen LogP contribution in [0.15, 0.2) is 17.6 Å². The summed E-state index contributed by atoms with van der Waals surface area (Å²) in [7, 11) is 3.87. The van der Waals surface area contributed by atoms with Crippen LogP contribution in [0.4, 0.5) is 5.69 Å². The summed E-state index contributed by atoms with van der Waals surface area (Å²) in [5, 5.41) is 9.06. The van der Waals surface area contributed by atoms with Crippen molar-refractivity contribution in [3.8, 4) is 5.75 Å². The van der Waals surface area contributed by atoms with Gasteiger partial charge < -0.3 is 20.7 Å². The van der Waals surface area contributed by atoms with E-state index in [-0.39, 0.29) is 11.5 Å². The molecule has 3 rings (SSSR count). The molecule has 0 aliphatic carbocycles. The fourth-order valence-electron chi connectivity index (χ4n) is 3.96. The van der Waals surface area contributed by atoms with Gasteiger partial charge in [0.2, 0.25) is 5.91 Å². The molecular formula is C19H29Cl2N7O3. The number of nitrogens with two attached hydrogens (primary N) is 1. The smallest absolute Gasteiger partial charge is 0.234 e. The molecule has 1 aromatic rings. The number of hydrogen-bond acceptors (Lipinski definition) is 9. The molecule has 10 nitrogen and oxygen atoms in total. The van der Waals surface area contributed by atoms with Crippen molar-refractivity contribution < 1.29 is 9.53 Å². The molecule has 1 aromatic heterocycles. The predicted molar refractivity (Wildman–Crippen MR) is 120 cm³/mol. The Morgan fingerprint density at radius 1 is 1.39 bits per heavy atom. The summed E-state index contributed by atoms with van der Waals surface area (Å²) < 4.78 is 6.14. The lowest BCUT2D eigenvalue weighted by Crippen LogP contribution is -2.62. The first kappa shape index (κ1) is 24.1. The number of aromatic nitrogens is 1. The number of nitrogens with one attached hydrogen (secondary N) is 2. The molecule has 4 atom stereocenters. The lowest BCUT2D eigenvalue weighted by atomic mass is 9.98. The number of likely N-dealkylation sites (tertiary alicyclic amines) is 1. The molecule has 0 bridgehead atoms. The molecule has 0 saturated carbocycles. The monoisotopic (exact) mass is 473 g/mol. The number of pyridine rings is 1.